The first-order chi connectivity index (χ1) is 14.5. The van der Waals surface area contributed by atoms with Crippen molar-refractivity contribution in [1.29, 1.82) is 0 Å². The van der Waals surface area contributed by atoms with Gasteiger partial charge < -0.3 is 15.0 Å². The molecule has 4 rings (SSSR count). The maximum absolute atomic E-state index is 12.7. The Bertz CT molecular complexity index is 1030. The molecule has 1 N–H and O–H groups in total. The molecule has 1 aliphatic rings. The van der Waals surface area contributed by atoms with Gasteiger partial charge in [-0.05, 0) is 39.0 Å². The number of aromatic nitrogens is 4. The highest BCUT2D eigenvalue weighted by molar-refractivity contribution is 7.13. The quantitative estimate of drug-likeness (QED) is 0.650. The summed E-state index contributed by atoms with van der Waals surface area (Å²) < 4.78 is 7.82. The summed E-state index contributed by atoms with van der Waals surface area (Å²) >= 11 is 1.57. The number of carbonyl (C=O) groups is 1. The van der Waals surface area contributed by atoms with Crippen LogP contribution in [0.2, 0.25) is 0 Å². The molecule has 1 fully saturated rings. The maximum Gasteiger partial charge on any atom is 0.224 e. The van der Waals surface area contributed by atoms with Crippen LogP contribution < -0.4 is 5.32 Å². The molecule has 1 saturated heterocycles. The van der Waals surface area contributed by atoms with Gasteiger partial charge in [0.05, 0.1) is 24.5 Å². The molecule has 3 aromatic heterocycles. The lowest BCUT2D eigenvalue weighted by Gasteiger charge is -2.33. The van der Waals surface area contributed by atoms with Crippen LogP contribution in [-0.4, -0.2) is 50.3 Å². The van der Waals surface area contributed by atoms with E-state index in [-0.39, 0.29) is 12.0 Å². The number of hydrogen-bond donors (Lipinski definition) is 1. The summed E-state index contributed by atoms with van der Waals surface area (Å²) in [4.78, 5) is 23.7. The number of carbonyl (C=O) groups excluding carboxylic acids is 1. The zero-order valence-electron chi connectivity index (χ0n) is 17.5. The third-order valence-corrected chi connectivity index (χ3v) is 5.93. The lowest BCUT2D eigenvalue weighted by atomic mass is 10.1. The molecule has 158 valence electrons. The number of thiazole rings is 1. The normalized spacial score (nSPS) is 16.6. The standard InChI is InChI=1S/C21H26N6O2S/c1-14-10-17(25-21-24-15(2)13-30-21)11-18(23-14)19-12-26(8-9-29-19)20(28)5-7-27-16(3)4-6-22-27/h4,6,10-11,13,19H,5,7-9,12H2,1-3H3,(H,23,24,25). The number of amides is 1. The Balaban J connectivity index is 1.42. The van der Waals surface area contributed by atoms with Crippen LogP contribution in [0, 0.1) is 20.8 Å². The van der Waals surface area contributed by atoms with Gasteiger partial charge >= 0.3 is 0 Å². The van der Waals surface area contributed by atoms with Crippen molar-refractivity contribution in [3.63, 3.8) is 0 Å². The Morgan fingerprint density at radius 1 is 1.27 bits per heavy atom. The van der Waals surface area contributed by atoms with Crippen LogP contribution in [0.15, 0.2) is 29.8 Å². The van der Waals surface area contributed by atoms with Crippen LogP contribution in [0.25, 0.3) is 0 Å². The second-order valence-corrected chi connectivity index (χ2v) is 8.34. The van der Waals surface area contributed by atoms with Gasteiger partial charge in [-0.2, -0.15) is 5.10 Å². The molecule has 0 radical (unpaired) electrons. The summed E-state index contributed by atoms with van der Waals surface area (Å²) in [5.74, 6) is 0.113. The number of morpholine rings is 1. The summed E-state index contributed by atoms with van der Waals surface area (Å²) in [5, 5.41) is 10.4. The topological polar surface area (TPSA) is 85.2 Å². The molecule has 0 spiro atoms. The minimum absolute atomic E-state index is 0.113. The van der Waals surface area contributed by atoms with Crippen LogP contribution in [0.5, 0.6) is 0 Å². The third-order valence-electron chi connectivity index (χ3n) is 5.06. The molecule has 4 heterocycles. The maximum atomic E-state index is 12.7. The lowest BCUT2D eigenvalue weighted by molar-refractivity contribution is -0.139. The lowest BCUT2D eigenvalue weighted by Crippen LogP contribution is -2.42. The molecule has 0 bridgehead atoms. The Morgan fingerprint density at radius 3 is 2.87 bits per heavy atom. The van der Waals surface area contributed by atoms with E-state index in [0.29, 0.717) is 32.7 Å². The fraction of sp³-hybridized carbons (Fsp3) is 0.429. The first-order valence-electron chi connectivity index (χ1n) is 10.0. The summed E-state index contributed by atoms with van der Waals surface area (Å²) in [6.07, 6.45) is 1.94. The van der Waals surface area contributed by atoms with E-state index in [1.807, 2.05) is 53.9 Å². The molecular weight excluding hydrogens is 400 g/mol. The van der Waals surface area contributed by atoms with Gasteiger partial charge in [0.15, 0.2) is 5.13 Å². The Labute approximate surface area is 179 Å². The third kappa shape index (κ3) is 4.85. The Morgan fingerprint density at radius 2 is 2.13 bits per heavy atom. The fourth-order valence-electron chi connectivity index (χ4n) is 3.51. The minimum Gasteiger partial charge on any atom is -0.368 e. The zero-order valence-corrected chi connectivity index (χ0v) is 18.3. The predicted molar refractivity (Wildman–Crippen MR) is 116 cm³/mol. The average molecular weight is 427 g/mol. The molecule has 0 aliphatic carbocycles. The Kier molecular flexibility index (Phi) is 6.10. The minimum atomic E-state index is -0.243. The number of nitrogens with one attached hydrogen (secondary N) is 1. The first-order valence-corrected chi connectivity index (χ1v) is 10.9. The van der Waals surface area contributed by atoms with Gasteiger partial charge in [-0.1, -0.05) is 0 Å². The average Bonchev–Trinajstić information content (AvgIpc) is 3.33. The van der Waals surface area contributed by atoms with Crippen molar-refractivity contribution in [2.24, 2.45) is 0 Å². The molecule has 0 saturated carbocycles. The molecule has 9 heteroatoms. The number of hydrogen-bond acceptors (Lipinski definition) is 7. The highest BCUT2D eigenvalue weighted by atomic mass is 32.1. The van der Waals surface area contributed by atoms with Gasteiger partial charge in [0.1, 0.15) is 6.10 Å². The molecule has 1 aliphatic heterocycles. The number of pyridine rings is 1. The van der Waals surface area contributed by atoms with Gasteiger partial charge in [0.2, 0.25) is 5.91 Å². The SMILES string of the molecule is Cc1cc(Nc2nc(C)cs2)cc(C2CN(C(=O)CCn3nccc3C)CCO2)n1. The van der Waals surface area contributed by atoms with Crippen LogP contribution in [0.4, 0.5) is 10.8 Å². The number of nitrogens with zero attached hydrogens (tertiary/aromatic N) is 5. The highest BCUT2D eigenvalue weighted by Crippen LogP contribution is 2.27. The van der Waals surface area contributed by atoms with E-state index in [1.165, 1.54) is 0 Å². The van der Waals surface area contributed by atoms with Gasteiger partial charge in [-0.25, -0.2) is 4.98 Å². The van der Waals surface area contributed by atoms with Crippen molar-refractivity contribution in [2.75, 3.05) is 25.0 Å². The zero-order chi connectivity index (χ0) is 21.1. The molecule has 3 aromatic rings. The smallest absolute Gasteiger partial charge is 0.224 e. The van der Waals surface area contributed by atoms with Crippen LogP contribution >= 0.6 is 11.3 Å². The Hall–Kier alpha value is -2.78. The van der Waals surface area contributed by atoms with Crippen LogP contribution in [-0.2, 0) is 16.1 Å². The van der Waals surface area contributed by atoms with Crippen molar-refractivity contribution in [3.05, 3.63) is 52.6 Å². The van der Waals surface area contributed by atoms with Gasteiger partial charge in [-0.15, -0.1) is 11.3 Å². The second kappa shape index (κ2) is 8.93. The summed E-state index contributed by atoms with van der Waals surface area (Å²) in [6, 6.07) is 5.91. The predicted octanol–water partition coefficient (Wildman–Crippen LogP) is 3.39. The van der Waals surface area contributed by atoms with Crippen molar-refractivity contribution in [3.8, 4) is 0 Å². The number of aryl methyl sites for hydroxylation is 4. The first kappa shape index (κ1) is 20.5. The van der Waals surface area contributed by atoms with E-state index in [9.17, 15) is 4.79 Å². The molecule has 1 unspecified atom stereocenters. The largest absolute Gasteiger partial charge is 0.368 e. The van der Waals surface area contributed by atoms with Gasteiger partial charge in [0, 0.05) is 48.2 Å². The summed E-state index contributed by atoms with van der Waals surface area (Å²) in [6.45, 7) is 8.11. The van der Waals surface area contributed by atoms with E-state index in [0.717, 1.165) is 33.6 Å². The van der Waals surface area contributed by atoms with Crippen LogP contribution in [0.1, 0.15) is 35.3 Å². The fourth-order valence-corrected chi connectivity index (χ4v) is 4.22. The molecule has 8 nitrogen and oxygen atoms in total. The molecule has 0 aromatic carbocycles. The molecule has 1 atom stereocenters. The van der Waals surface area contributed by atoms with Crippen molar-refractivity contribution >= 4 is 28.1 Å². The van der Waals surface area contributed by atoms with E-state index in [4.69, 9.17) is 4.74 Å². The van der Waals surface area contributed by atoms with Crippen molar-refractivity contribution in [2.45, 2.75) is 39.8 Å². The van der Waals surface area contributed by atoms with E-state index >= 15 is 0 Å². The highest BCUT2D eigenvalue weighted by Gasteiger charge is 2.26. The number of ether oxygens (including phenoxy) is 1. The van der Waals surface area contributed by atoms with E-state index in [2.05, 4.69) is 20.4 Å². The van der Waals surface area contributed by atoms with Gasteiger partial charge in [0.25, 0.3) is 0 Å². The molecule has 1 amide bonds. The van der Waals surface area contributed by atoms with E-state index < -0.39 is 0 Å². The van der Waals surface area contributed by atoms with Gasteiger partial charge in [-0.3, -0.25) is 14.5 Å². The number of anilines is 2. The number of rotatable bonds is 6. The summed E-state index contributed by atoms with van der Waals surface area (Å²) in [5.41, 5.74) is 4.69. The van der Waals surface area contributed by atoms with Crippen molar-refractivity contribution < 1.29 is 9.53 Å². The van der Waals surface area contributed by atoms with E-state index in [1.54, 1.807) is 17.5 Å². The van der Waals surface area contributed by atoms with Crippen LogP contribution in [0.3, 0.4) is 0 Å². The molecular formula is C21H26N6O2S. The summed E-state index contributed by atoms with van der Waals surface area (Å²) in [7, 11) is 0. The monoisotopic (exact) mass is 426 g/mol. The molecule has 30 heavy (non-hydrogen) atoms. The van der Waals surface area contributed by atoms with Crippen molar-refractivity contribution in [1.82, 2.24) is 24.6 Å². The second-order valence-electron chi connectivity index (χ2n) is 7.49.